The second kappa shape index (κ2) is 8.53. The number of aromatic nitrogens is 1. The van der Waals surface area contributed by atoms with Crippen LogP contribution >= 0.6 is 11.6 Å². The van der Waals surface area contributed by atoms with Gasteiger partial charge in [-0.3, -0.25) is 4.79 Å². The largest absolute Gasteiger partial charge is 0.494 e. The molecule has 1 amide bonds. The predicted molar refractivity (Wildman–Crippen MR) is 114 cm³/mol. The Balaban J connectivity index is 1.81. The Morgan fingerprint density at radius 3 is 2.32 bits per heavy atom. The first kappa shape index (κ1) is 20.0. The van der Waals surface area contributed by atoms with E-state index in [1.165, 1.54) is 0 Å². The van der Waals surface area contributed by atoms with Crippen molar-refractivity contribution < 1.29 is 9.53 Å². The zero-order chi connectivity index (χ0) is 20.3. The van der Waals surface area contributed by atoms with E-state index in [0.29, 0.717) is 17.2 Å². The zero-order valence-electron chi connectivity index (χ0n) is 16.6. The minimum absolute atomic E-state index is 0.155. The molecule has 1 atom stereocenters. The molecule has 4 nitrogen and oxygen atoms in total. The van der Waals surface area contributed by atoms with E-state index in [-0.39, 0.29) is 11.9 Å². The number of hydrogen-bond donors (Lipinski definition) is 1. The van der Waals surface area contributed by atoms with Crippen molar-refractivity contribution in [3.05, 3.63) is 82.1 Å². The molecule has 0 aliphatic rings. The Bertz CT molecular complexity index is 957. The molecule has 3 rings (SSSR count). The minimum Gasteiger partial charge on any atom is -0.494 e. The number of hydrogen-bond acceptors (Lipinski definition) is 2. The van der Waals surface area contributed by atoms with Gasteiger partial charge in [0.05, 0.1) is 23.2 Å². The van der Waals surface area contributed by atoms with Crippen LogP contribution in [0.2, 0.25) is 5.02 Å². The summed E-state index contributed by atoms with van der Waals surface area (Å²) in [6.45, 7) is 8.60. The first-order valence-electron chi connectivity index (χ1n) is 9.39. The van der Waals surface area contributed by atoms with Gasteiger partial charge >= 0.3 is 0 Å². The van der Waals surface area contributed by atoms with Crippen molar-refractivity contribution in [3.8, 4) is 11.4 Å². The average molecular weight is 397 g/mol. The summed E-state index contributed by atoms with van der Waals surface area (Å²) in [5, 5.41) is 3.47. The molecule has 0 saturated carbocycles. The molecule has 2 aromatic carbocycles. The number of nitrogens with one attached hydrogen (secondary N) is 1. The van der Waals surface area contributed by atoms with Crippen LogP contribution in [0.25, 0.3) is 5.69 Å². The standard InChI is InChI=1S/C23H25ClN2O2/c1-5-28-20-11-8-18(9-12-20)17(4)25-23(27)21-14-19(10-13-22(21)24)26-15(2)6-7-16(26)3/h6-14,17H,5H2,1-4H3,(H,25,27). The van der Waals surface area contributed by atoms with E-state index < -0.39 is 0 Å². The highest BCUT2D eigenvalue weighted by molar-refractivity contribution is 6.33. The van der Waals surface area contributed by atoms with Crippen LogP contribution in [0.5, 0.6) is 5.75 Å². The van der Waals surface area contributed by atoms with Gasteiger partial charge < -0.3 is 14.6 Å². The molecule has 1 N–H and O–H groups in total. The number of aryl methyl sites for hydroxylation is 2. The van der Waals surface area contributed by atoms with Gasteiger partial charge in [-0.05, 0) is 75.7 Å². The Labute approximate surface area is 171 Å². The number of amides is 1. The number of benzene rings is 2. The minimum atomic E-state index is -0.198. The van der Waals surface area contributed by atoms with E-state index in [0.717, 1.165) is 28.4 Å². The van der Waals surface area contributed by atoms with Crippen LogP contribution < -0.4 is 10.1 Å². The Kier molecular flexibility index (Phi) is 6.10. The third-order valence-corrected chi connectivity index (χ3v) is 5.09. The second-order valence-electron chi connectivity index (χ2n) is 6.81. The maximum Gasteiger partial charge on any atom is 0.253 e. The molecule has 1 heterocycles. The third kappa shape index (κ3) is 4.23. The van der Waals surface area contributed by atoms with E-state index in [4.69, 9.17) is 16.3 Å². The molecule has 5 heteroatoms. The van der Waals surface area contributed by atoms with Crippen LogP contribution in [0.1, 0.15) is 47.2 Å². The van der Waals surface area contributed by atoms with Crippen molar-refractivity contribution in [2.75, 3.05) is 6.61 Å². The molecule has 3 aromatic rings. The summed E-state index contributed by atoms with van der Waals surface area (Å²) in [4.78, 5) is 12.9. The quantitative estimate of drug-likeness (QED) is 0.586. The zero-order valence-corrected chi connectivity index (χ0v) is 17.4. The summed E-state index contributed by atoms with van der Waals surface area (Å²) in [6.07, 6.45) is 0. The number of rotatable bonds is 6. The van der Waals surface area contributed by atoms with Crippen molar-refractivity contribution in [2.45, 2.75) is 33.7 Å². The lowest BCUT2D eigenvalue weighted by Gasteiger charge is -2.17. The van der Waals surface area contributed by atoms with Crippen LogP contribution in [0.3, 0.4) is 0 Å². The molecule has 28 heavy (non-hydrogen) atoms. The molecule has 1 aromatic heterocycles. The maximum atomic E-state index is 12.9. The summed E-state index contributed by atoms with van der Waals surface area (Å²) in [6, 6.07) is 17.2. The number of carbonyl (C=O) groups is 1. The summed E-state index contributed by atoms with van der Waals surface area (Å²) < 4.78 is 7.57. The molecular formula is C23H25ClN2O2. The van der Waals surface area contributed by atoms with E-state index in [2.05, 4.69) is 22.0 Å². The molecule has 0 fully saturated rings. The average Bonchev–Trinajstić information content (AvgIpc) is 3.01. The van der Waals surface area contributed by atoms with Crippen LogP contribution in [-0.4, -0.2) is 17.1 Å². The Morgan fingerprint density at radius 2 is 1.71 bits per heavy atom. The SMILES string of the molecule is CCOc1ccc(C(C)NC(=O)c2cc(-n3c(C)ccc3C)ccc2Cl)cc1. The summed E-state index contributed by atoms with van der Waals surface area (Å²) in [7, 11) is 0. The Morgan fingerprint density at radius 1 is 1.07 bits per heavy atom. The molecular weight excluding hydrogens is 372 g/mol. The van der Waals surface area contributed by atoms with Gasteiger partial charge in [0, 0.05) is 17.1 Å². The molecule has 146 valence electrons. The number of halogens is 1. The second-order valence-corrected chi connectivity index (χ2v) is 7.22. The van der Waals surface area contributed by atoms with Crippen LogP contribution in [0, 0.1) is 13.8 Å². The van der Waals surface area contributed by atoms with E-state index in [9.17, 15) is 4.79 Å². The van der Waals surface area contributed by atoms with Crippen LogP contribution in [0.4, 0.5) is 0 Å². The van der Waals surface area contributed by atoms with E-state index in [1.54, 1.807) is 6.07 Å². The van der Waals surface area contributed by atoms with Gasteiger partial charge in [-0.25, -0.2) is 0 Å². The van der Waals surface area contributed by atoms with E-state index >= 15 is 0 Å². The highest BCUT2D eigenvalue weighted by atomic mass is 35.5. The van der Waals surface area contributed by atoms with Crippen LogP contribution in [-0.2, 0) is 0 Å². The first-order chi connectivity index (χ1) is 13.4. The lowest BCUT2D eigenvalue weighted by atomic mass is 10.1. The first-order valence-corrected chi connectivity index (χ1v) is 9.77. The lowest BCUT2D eigenvalue weighted by Crippen LogP contribution is -2.27. The fourth-order valence-corrected chi connectivity index (χ4v) is 3.48. The van der Waals surface area contributed by atoms with Gasteiger partial charge in [-0.15, -0.1) is 0 Å². The predicted octanol–water partition coefficient (Wildman–Crippen LogP) is 5.64. The van der Waals surface area contributed by atoms with Crippen molar-refractivity contribution in [1.82, 2.24) is 9.88 Å². The molecule has 0 aliphatic heterocycles. The molecule has 0 radical (unpaired) electrons. The molecule has 0 aliphatic carbocycles. The van der Waals surface area contributed by atoms with Crippen LogP contribution in [0.15, 0.2) is 54.6 Å². The maximum absolute atomic E-state index is 12.9. The smallest absolute Gasteiger partial charge is 0.253 e. The molecule has 0 saturated heterocycles. The summed E-state index contributed by atoms with van der Waals surface area (Å²) >= 11 is 6.33. The fourth-order valence-electron chi connectivity index (χ4n) is 3.28. The fraction of sp³-hybridized carbons (Fsp3) is 0.261. The normalized spacial score (nSPS) is 11.9. The van der Waals surface area contributed by atoms with Crippen molar-refractivity contribution in [1.29, 1.82) is 0 Å². The number of ether oxygens (including phenoxy) is 1. The van der Waals surface area contributed by atoms with Gasteiger partial charge in [0.1, 0.15) is 5.75 Å². The van der Waals surface area contributed by atoms with Crippen molar-refractivity contribution >= 4 is 17.5 Å². The third-order valence-electron chi connectivity index (χ3n) is 4.76. The topological polar surface area (TPSA) is 43.3 Å². The van der Waals surface area contributed by atoms with Crippen molar-refractivity contribution in [3.63, 3.8) is 0 Å². The molecule has 1 unspecified atom stereocenters. The monoisotopic (exact) mass is 396 g/mol. The van der Waals surface area contributed by atoms with Gasteiger partial charge in [0.25, 0.3) is 5.91 Å². The summed E-state index contributed by atoms with van der Waals surface area (Å²) in [5.74, 6) is 0.619. The Hall–Kier alpha value is -2.72. The number of nitrogens with zero attached hydrogens (tertiary/aromatic N) is 1. The molecule has 0 bridgehead atoms. The molecule has 0 spiro atoms. The lowest BCUT2D eigenvalue weighted by molar-refractivity contribution is 0.0940. The van der Waals surface area contributed by atoms with Gasteiger partial charge in [-0.1, -0.05) is 23.7 Å². The van der Waals surface area contributed by atoms with E-state index in [1.807, 2.05) is 64.1 Å². The van der Waals surface area contributed by atoms with Gasteiger partial charge in [-0.2, -0.15) is 0 Å². The highest BCUT2D eigenvalue weighted by Gasteiger charge is 2.16. The van der Waals surface area contributed by atoms with Gasteiger partial charge in [0.2, 0.25) is 0 Å². The van der Waals surface area contributed by atoms with Gasteiger partial charge in [0.15, 0.2) is 0 Å². The van der Waals surface area contributed by atoms with Crippen molar-refractivity contribution in [2.24, 2.45) is 0 Å². The number of carbonyl (C=O) groups excluding carboxylic acids is 1. The highest BCUT2D eigenvalue weighted by Crippen LogP contribution is 2.24. The summed E-state index contributed by atoms with van der Waals surface area (Å²) in [5.41, 5.74) is 4.59.